The molecule has 0 N–H and O–H groups in total. The van der Waals surface area contributed by atoms with Crippen LogP contribution in [0.15, 0.2) is 119 Å². The largest absolute Gasteiger partial charge is 0.452 e. The van der Waals surface area contributed by atoms with Crippen molar-refractivity contribution in [2.24, 2.45) is 11.0 Å². The quantitative estimate of drug-likeness (QED) is 0.195. The number of allylic oxidation sites excluding steroid dienone is 1. The Hall–Kier alpha value is -4.57. The second-order valence-corrected chi connectivity index (χ2v) is 14.6. The number of halogens is 1. The van der Waals surface area contributed by atoms with Crippen LogP contribution in [0.1, 0.15) is 57.9 Å². The van der Waals surface area contributed by atoms with Crippen molar-refractivity contribution in [3.63, 3.8) is 0 Å². The molecule has 4 aromatic carbocycles. The van der Waals surface area contributed by atoms with Gasteiger partial charge in [-0.05, 0) is 77.8 Å². The molecule has 2 aliphatic heterocycles. The summed E-state index contributed by atoms with van der Waals surface area (Å²) < 4.78 is 34.1. The molecule has 1 aliphatic carbocycles. The van der Waals surface area contributed by atoms with Crippen molar-refractivity contribution >= 4 is 45.3 Å². The standard InChI is InChI=1S/C38H34ClN3O5S/c39-34-19-18-31(48(45,46)41-21-20-27-12-7-8-15-30(27)24-41)23-33(34)38(44)47-25-35(43)42-37(28-13-5-2-6-14-28)32-17-9-16-29(36(32)40-42)22-26-10-3-1-4-11-26/h1-8,10-15,18-19,22-23,32,37H,9,16-17,20-21,24-25H2. The minimum Gasteiger partial charge on any atom is -0.452 e. The van der Waals surface area contributed by atoms with E-state index in [1.165, 1.54) is 27.5 Å². The Balaban J connectivity index is 1.11. The van der Waals surface area contributed by atoms with Gasteiger partial charge in [-0.15, -0.1) is 0 Å². The highest BCUT2D eigenvalue weighted by Gasteiger charge is 2.44. The van der Waals surface area contributed by atoms with E-state index in [0.717, 1.165) is 52.8 Å². The van der Waals surface area contributed by atoms with Crippen molar-refractivity contribution in [2.75, 3.05) is 13.2 Å². The van der Waals surface area contributed by atoms with Gasteiger partial charge in [-0.1, -0.05) is 96.5 Å². The summed E-state index contributed by atoms with van der Waals surface area (Å²) in [6.07, 6.45) is 5.41. The number of hydrogen-bond donors (Lipinski definition) is 0. The summed E-state index contributed by atoms with van der Waals surface area (Å²) in [5.74, 6) is -1.38. The molecule has 2 atom stereocenters. The van der Waals surface area contributed by atoms with Gasteiger partial charge in [0.1, 0.15) is 0 Å². The maximum Gasteiger partial charge on any atom is 0.340 e. The average molecular weight is 680 g/mol. The Bertz CT molecular complexity index is 2030. The van der Waals surface area contributed by atoms with Crippen LogP contribution in [-0.2, 0) is 32.5 Å². The fourth-order valence-corrected chi connectivity index (χ4v) is 8.50. The zero-order chi connectivity index (χ0) is 33.3. The number of ether oxygens (including phenoxy) is 1. The molecule has 7 rings (SSSR count). The van der Waals surface area contributed by atoms with Crippen LogP contribution in [0.25, 0.3) is 6.08 Å². The fourth-order valence-electron chi connectivity index (χ4n) is 6.86. The zero-order valence-electron chi connectivity index (χ0n) is 26.2. The molecule has 244 valence electrons. The van der Waals surface area contributed by atoms with Crippen molar-refractivity contribution in [2.45, 2.75) is 43.2 Å². The van der Waals surface area contributed by atoms with Gasteiger partial charge >= 0.3 is 5.97 Å². The highest BCUT2D eigenvalue weighted by molar-refractivity contribution is 7.89. The lowest BCUT2D eigenvalue weighted by atomic mass is 9.77. The summed E-state index contributed by atoms with van der Waals surface area (Å²) in [6.45, 7) is -0.0282. The van der Waals surface area contributed by atoms with Crippen LogP contribution in [-0.4, -0.2) is 48.5 Å². The maximum atomic E-state index is 13.8. The molecule has 3 aliphatic rings. The first kappa shape index (κ1) is 32.0. The third kappa shape index (κ3) is 6.33. The summed E-state index contributed by atoms with van der Waals surface area (Å²) in [4.78, 5) is 27.0. The summed E-state index contributed by atoms with van der Waals surface area (Å²) in [7, 11) is -3.93. The molecule has 4 aromatic rings. The molecule has 0 spiro atoms. The monoisotopic (exact) mass is 679 g/mol. The molecule has 1 fully saturated rings. The first-order valence-corrected chi connectivity index (χ1v) is 17.9. The van der Waals surface area contributed by atoms with Gasteiger partial charge in [-0.3, -0.25) is 4.79 Å². The molecule has 2 unspecified atom stereocenters. The predicted octanol–water partition coefficient (Wildman–Crippen LogP) is 7.07. The van der Waals surface area contributed by atoms with Gasteiger partial charge < -0.3 is 4.74 Å². The van der Waals surface area contributed by atoms with Crippen molar-refractivity contribution in [3.8, 4) is 0 Å². The van der Waals surface area contributed by atoms with Crippen LogP contribution in [0.2, 0.25) is 5.02 Å². The highest BCUT2D eigenvalue weighted by Crippen LogP contribution is 2.44. The van der Waals surface area contributed by atoms with Crippen molar-refractivity contribution in [3.05, 3.63) is 142 Å². The van der Waals surface area contributed by atoms with E-state index in [1.807, 2.05) is 84.9 Å². The number of nitrogens with zero attached hydrogens (tertiary/aromatic N) is 3. The van der Waals surface area contributed by atoms with E-state index in [1.54, 1.807) is 0 Å². The number of hydrogen-bond acceptors (Lipinski definition) is 6. The molecule has 1 saturated carbocycles. The summed E-state index contributed by atoms with van der Waals surface area (Å²) in [5, 5.41) is 6.33. The molecule has 0 saturated heterocycles. The van der Waals surface area contributed by atoms with Crippen molar-refractivity contribution < 1.29 is 22.7 Å². The number of carbonyl (C=O) groups excluding carboxylic acids is 2. The van der Waals surface area contributed by atoms with E-state index in [9.17, 15) is 18.0 Å². The lowest BCUT2D eigenvalue weighted by Gasteiger charge is -2.29. The van der Waals surface area contributed by atoms with Crippen molar-refractivity contribution in [1.82, 2.24) is 9.31 Å². The van der Waals surface area contributed by atoms with E-state index in [-0.39, 0.29) is 34.0 Å². The molecular weight excluding hydrogens is 646 g/mol. The number of amides is 1. The Labute approximate surface area is 285 Å². The number of fused-ring (bicyclic) bond motifs is 2. The Morgan fingerprint density at radius 1 is 0.896 bits per heavy atom. The molecule has 0 radical (unpaired) electrons. The number of rotatable bonds is 7. The molecular formula is C38H34ClN3O5S. The van der Waals surface area contributed by atoms with Crippen molar-refractivity contribution in [1.29, 1.82) is 0 Å². The van der Waals surface area contributed by atoms with E-state index in [4.69, 9.17) is 21.4 Å². The van der Waals surface area contributed by atoms with Crippen LogP contribution >= 0.6 is 11.6 Å². The van der Waals surface area contributed by atoms with Crippen LogP contribution in [0, 0.1) is 5.92 Å². The summed E-state index contributed by atoms with van der Waals surface area (Å²) >= 11 is 6.37. The van der Waals surface area contributed by atoms with Gasteiger partial charge in [0.15, 0.2) is 6.61 Å². The normalized spacial score (nSPS) is 20.1. The molecule has 0 bridgehead atoms. The SMILES string of the molecule is O=C(OCC(=O)N1N=C2C(=Cc3ccccc3)CCCC2C1c1ccccc1)c1cc(S(=O)(=O)N2CCc3ccccc3C2)ccc1Cl. The minimum absolute atomic E-state index is 0.00570. The highest BCUT2D eigenvalue weighted by atomic mass is 35.5. The lowest BCUT2D eigenvalue weighted by molar-refractivity contribution is -0.137. The van der Waals surface area contributed by atoms with Crippen LogP contribution in [0.5, 0.6) is 0 Å². The average Bonchev–Trinajstić information content (AvgIpc) is 3.52. The van der Waals surface area contributed by atoms with Crippen LogP contribution < -0.4 is 0 Å². The summed E-state index contributed by atoms with van der Waals surface area (Å²) in [5.41, 5.74) is 5.92. The lowest BCUT2D eigenvalue weighted by Crippen LogP contribution is -2.36. The molecule has 0 aromatic heterocycles. The van der Waals surface area contributed by atoms with Gasteiger partial charge in [0.2, 0.25) is 10.0 Å². The van der Waals surface area contributed by atoms with E-state index in [2.05, 4.69) is 6.08 Å². The fraction of sp³-hybridized carbons (Fsp3) is 0.237. The minimum atomic E-state index is -3.93. The van der Waals surface area contributed by atoms with E-state index >= 15 is 0 Å². The van der Waals surface area contributed by atoms with Gasteiger partial charge in [0.25, 0.3) is 5.91 Å². The molecule has 2 heterocycles. The number of hydrazone groups is 1. The van der Waals surface area contributed by atoms with Gasteiger partial charge in [-0.2, -0.15) is 9.41 Å². The number of esters is 1. The number of carbonyl (C=O) groups is 2. The van der Waals surface area contributed by atoms with E-state index in [0.29, 0.717) is 13.0 Å². The van der Waals surface area contributed by atoms with Crippen LogP contribution in [0.3, 0.4) is 0 Å². The predicted molar refractivity (Wildman–Crippen MR) is 185 cm³/mol. The number of benzene rings is 4. The van der Waals surface area contributed by atoms with Gasteiger partial charge in [0.05, 0.1) is 27.2 Å². The molecule has 48 heavy (non-hydrogen) atoms. The molecule has 1 amide bonds. The van der Waals surface area contributed by atoms with E-state index < -0.39 is 28.5 Å². The first-order valence-electron chi connectivity index (χ1n) is 16.0. The number of sulfonamides is 1. The topological polar surface area (TPSA) is 96.4 Å². The Morgan fingerprint density at radius 2 is 1.60 bits per heavy atom. The third-order valence-electron chi connectivity index (χ3n) is 9.26. The Kier molecular flexibility index (Phi) is 9.00. The smallest absolute Gasteiger partial charge is 0.340 e. The maximum absolute atomic E-state index is 13.8. The van der Waals surface area contributed by atoms with Gasteiger partial charge in [0, 0.05) is 19.0 Å². The second kappa shape index (κ2) is 13.5. The molecule has 10 heteroatoms. The summed E-state index contributed by atoms with van der Waals surface area (Å²) in [6, 6.07) is 31.2. The van der Waals surface area contributed by atoms with Crippen LogP contribution in [0.4, 0.5) is 0 Å². The molecule has 8 nitrogen and oxygen atoms in total. The van der Waals surface area contributed by atoms with Gasteiger partial charge in [-0.25, -0.2) is 18.2 Å². The first-order chi connectivity index (χ1) is 23.3. The Morgan fingerprint density at radius 3 is 2.38 bits per heavy atom. The third-order valence-corrected chi connectivity index (χ3v) is 11.4. The second-order valence-electron chi connectivity index (χ2n) is 12.2. The zero-order valence-corrected chi connectivity index (χ0v) is 27.7.